The van der Waals surface area contributed by atoms with E-state index in [1.54, 1.807) is 0 Å². The molecule has 0 saturated heterocycles. The van der Waals surface area contributed by atoms with Crippen molar-refractivity contribution in [2.24, 2.45) is 12.0 Å². The third-order valence-electron chi connectivity index (χ3n) is 4.03. The zero-order chi connectivity index (χ0) is 19.2. The van der Waals surface area contributed by atoms with Gasteiger partial charge in [-0.1, -0.05) is 41.4 Å². The molecule has 0 saturated carbocycles. The lowest BCUT2D eigenvalue weighted by Crippen LogP contribution is -2.37. The van der Waals surface area contributed by atoms with E-state index >= 15 is 0 Å². The molecule has 2 aromatic heterocycles. The van der Waals surface area contributed by atoms with Crippen LogP contribution in [0.25, 0.3) is 11.4 Å². The zero-order valence-corrected chi connectivity index (χ0v) is 16.6. The number of aromatic nitrogens is 4. The fourth-order valence-electron chi connectivity index (χ4n) is 2.61. The number of aliphatic imine (C=N–C) groups is 1. The first-order chi connectivity index (χ1) is 13.1. The summed E-state index contributed by atoms with van der Waals surface area (Å²) in [5, 5.41) is 14.4. The third kappa shape index (κ3) is 4.81. The maximum Gasteiger partial charge on any atom is 0.191 e. The quantitative estimate of drug-likeness (QED) is 0.433. The van der Waals surface area contributed by atoms with Crippen molar-refractivity contribution in [3.8, 4) is 11.4 Å². The molecule has 3 N–H and O–H groups in total. The predicted molar refractivity (Wildman–Crippen MR) is 109 cm³/mol. The molecule has 0 fully saturated rings. The number of nitrogens with one attached hydrogen (secondary N) is 3. The highest BCUT2D eigenvalue weighted by Gasteiger charge is 2.09. The molecule has 1 aromatic carbocycles. The first-order valence-electron chi connectivity index (χ1n) is 8.55. The molecule has 3 aromatic rings. The number of rotatable bonds is 6. The molecule has 0 amide bonds. The molecule has 0 aliphatic heterocycles. The molecule has 0 aliphatic carbocycles. The lowest BCUT2D eigenvalue weighted by Gasteiger charge is -2.12. The second-order valence-corrected chi connectivity index (χ2v) is 6.68. The lowest BCUT2D eigenvalue weighted by atomic mass is 10.1. The van der Waals surface area contributed by atoms with Crippen LogP contribution >= 0.6 is 23.2 Å². The minimum atomic E-state index is 0.527. The summed E-state index contributed by atoms with van der Waals surface area (Å²) in [6.07, 6.45) is 1.50. The van der Waals surface area contributed by atoms with E-state index in [0.717, 1.165) is 35.1 Å². The molecule has 0 atom stereocenters. The topological polar surface area (TPSA) is 82.9 Å². The van der Waals surface area contributed by atoms with Gasteiger partial charge >= 0.3 is 0 Å². The maximum atomic E-state index is 6.12. The number of benzene rings is 1. The van der Waals surface area contributed by atoms with Crippen LogP contribution in [0.1, 0.15) is 18.2 Å². The molecule has 27 heavy (non-hydrogen) atoms. The van der Waals surface area contributed by atoms with Crippen molar-refractivity contribution in [2.75, 3.05) is 6.54 Å². The monoisotopic (exact) mass is 405 g/mol. The molecule has 0 radical (unpaired) electrons. The van der Waals surface area contributed by atoms with Gasteiger partial charge in [0.2, 0.25) is 0 Å². The minimum absolute atomic E-state index is 0.527. The number of guanidine groups is 1. The van der Waals surface area contributed by atoms with Crippen molar-refractivity contribution >= 4 is 29.2 Å². The van der Waals surface area contributed by atoms with E-state index in [-0.39, 0.29) is 0 Å². The number of nitrogens with zero attached hydrogens (tertiary/aromatic N) is 4. The molecule has 7 nitrogen and oxygen atoms in total. The van der Waals surface area contributed by atoms with Gasteiger partial charge < -0.3 is 15.2 Å². The Morgan fingerprint density at radius 2 is 2.11 bits per heavy atom. The molecule has 0 unspecified atom stereocenters. The van der Waals surface area contributed by atoms with Gasteiger partial charge in [-0.3, -0.25) is 5.10 Å². The summed E-state index contributed by atoms with van der Waals surface area (Å²) in [4.78, 5) is 8.83. The number of halogens is 2. The van der Waals surface area contributed by atoms with E-state index in [1.165, 1.54) is 6.33 Å². The van der Waals surface area contributed by atoms with Crippen molar-refractivity contribution < 1.29 is 0 Å². The summed E-state index contributed by atoms with van der Waals surface area (Å²) >= 11 is 12.2. The molecule has 0 spiro atoms. The Morgan fingerprint density at radius 1 is 1.26 bits per heavy atom. The SMILES string of the molecule is CCNC(=NCc1cccc(-c2ncn[nH]2)c1)NCc1cc(Cl)c(Cl)n1C. The van der Waals surface area contributed by atoms with Gasteiger partial charge in [-0.25, -0.2) is 9.98 Å². The van der Waals surface area contributed by atoms with Gasteiger partial charge in [-0.15, -0.1) is 0 Å². The number of hydrogen-bond acceptors (Lipinski definition) is 3. The Hall–Kier alpha value is -2.51. The molecule has 3 rings (SSSR count). The van der Waals surface area contributed by atoms with Crippen molar-refractivity contribution in [1.82, 2.24) is 30.4 Å². The van der Waals surface area contributed by atoms with Crippen molar-refractivity contribution in [1.29, 1.82) is 0 Å². The summed E-state index contributed by atoms with van der Waals surface area (Å²) in [5.41, 5.74) is 3.03. The first kappa shape index (κ1) is 19.3. The van der Waals surface area contributed by atoms with Crippen LogP contribution in [0.2, 0.25) is 10.2 Å². The number of hydrogen-bond donors (Lipinski definition) is 3. The average molecular weight is 406 g/mol. The summed E-state index contributed by atoms with van der Waals surface area (Å²) < 4.78 is 1.85. The number of aromatic amines is 1. The molecule has 142 valence electrons. The Labute approximate surface area is 167 Å². The van der Waals surface area contributed by atoms with Gasteiger partial charge in [-0.2, -0.15) is 5.10 Å². The van der Waals surface area contributed by atoms with Crippen molar-refractivity contribution in [3.05, 3.63) is 58.1 Å². The zero-order valence-electron chi connectivity index (χ0n) is 15.1. The van der Waals surface area contributed by atoms with E-state index in [0.29, 0.717) is 23.3 Å². The molecule has 9 heteroatoms. The number of H-pyrrole nitrogens is 1. The van der Waals surface area contributed by atoms with Crippen LogP contribution in [0.4, 0.5) is 0 Å². The second kappa shape index (κ2) is 8.92. The fraction of sp³-hybridized carbons (Fsp3) is 0.278. The lowest BCUT2D eigenvalue weighted by molar-refractivity contribution is 0.752. The third-order valence-corrected chi connectivity index (χ3v) is 4.87. The minimum Gasteiger partial charge on any atom is -0.357 e. The van der Waals surface area contributed by atoms with Crippen LogP contribution in [-0.4, -0.2) is 32.3 Å². The Balaban J connectivity index is 1.68. The molecule has 0 bridgehead atoms. The van der Waals surface area contributed by atoms with Crippen molar-refractivity contribution in [2.45, 2.75) is 20.0 Å². The van der Waals surface area contributed by atoms with Gasteiger partial charge in [0, 0.05) is 24.8 Å². The second-order valence-electron chi connectivity index (χ2n) is 5.92. The normalized spacial score (nSPS) is 11.6. The highest BCUT2D eigenvalue weighted by atomic mass is 35.5. The highest BCUT2D eigenvalue weighted by molar-refractivity contribution is 6.41. The van der Waals surface area contributed by atoms with E-state index in [9.17, 15) is 0 Å². The molecule has 0 aliphatic rings. The van der Waals surface area contributed by atoms with Gasteiger partial charge in [0.25, 0.3) is 0 Å². The van der Waals surface area contributed by atoms with Crippen LogP contribution in [0.5, 0.6) is 0 Å². The summed E-state index contributed by atoms with van der Waals surface area (Å²) in [6.45, 7) is 3.88. The van der Waals surface area contributed by atoms with Crippen LogP contribution in [0.15, 0.2) is 41.7 Å². The Bertz CT molecular complexity index is 916. The maximum absolute atomic E-state index is 6.12. The van der Waals surface area contributed by atoms with E-state index in [2.05, 4.69) is 30.8 Å². The van der Waals surface area contributed by atoms with Crippen LogP contribution < -0.4 is 10.6 Å². The van der Waals surface area contributed by atoms with Gasteiger partial charge in [-0.05, 0) is 24.6 Å². The van der Waals surface area contributed by atoms with Gasteiger partial charge in [0.15, 0.2) is 11.8 Å². The largest absolute Gasteiger partial charge is 0.357 e. The van der Waals surface area contributed by atoms with Crippen LogP contribution in [0, 0.1) is 0 Å². The van der Waals surface area contributed by atoms with Gasteiger partial charge in [0.05, 0.1) is 18.1 Å². The summed E-state index contributed by atoms with van der Waals surface area (Å²) in [5.74, 6) is 1.46. The van der Waals surface area contributed by atoms with Crippen LogP contribution in [0.3, 0.4) is 0 Å². The fourth-order valence-corrected chi connectivity index (χ4v) is 3.02. The van der Waals surface area contributed by atoms with Crippen LogP contribution in [-0.2, 0) is 20.1 Å². The van der Waals surface area contributed by atoms with Crippen molar-refractivity contribution in [3.63, 3.8) is 0 Å². The average Bonchev–Trinajstić information content (AvgIpc) is 3.29. The molecular weight excluding hydrogens is 385 g/mol. The smallest absolute Gasteiger partial charge is 0.191 e. The summed E-state index contributed by atoms with van der Waals surface area (Å²) in [6, 6.07) is 9.90. The first-order valence-corrected chi connectivity index (χ1v) is 9.30. The Kier molecular flexibility index (Phi) is 6.36. The van der Waals surface area contributed by atoms with Gasteiger partial charge in [0.1, 0.15) is 11.5 Å². The summed E-state index contributed by atoms with van der Waals surface area (Å²) in [7, 11) is 1.88. The highest BCUT2D eigenvalue weighted by Crippen LogP contribution is 2.24. The van der Waals surface area contributed by atoms with E-state index < -0.39 is 0 Å². The van der Waals surface area contributed by atoms with E-state index in [1.807, 2.05) is 48.9 Å². The molecule has 2 heterocycles. The Morgan fingerprint density at radius 3 is 2.78 bits per heavy atom. The molecular formula is C18H21Cl2N7. The predicted octanol–water partition coefficient (Wildman–Crippen LogP) is 3.37. The standard InChI is InChI=1S/C18H21Cl2N7/c1-3-21-18(23-10-14-8-15(19)16(20)27(14)2)22-9-12-5-4-6-13(7-12)17-24-11-25-26-17/h4-8,11H,3,9-10H2,1-2H3,(H2,21,22,23)(H,24,25,26). The van der Waals surface area contributed by atoms with E-state index in [4.69, 9.17) is 23.2 Å².